The van der Waals surface area contributed by atoms with Gasteiger partial charge < -0.3 is 0 Å². The third-order valence-electron chi connectivity index (χ3n) is 4.89. The summed E-state index contributed by atoms with van der Waals surface area (Å²) in [6, 6.07) is 1.77. The molecule has 0 radical (unpaired) electrons. The number of benzene rings is 1. The van der Waals surface area contributed by atoms with E-state index in [9.17, 15) is 38.9 Å². The van der Waals surface area contributed by atoms with Gasteiger partial charge in [0.05, 0.1) is 0 Å². The quantitative estimate of drug-likeness (QED) is 0.278. The Morgan fingerprint density at radius 1 is 0.700 bits per heavy atom. The molecular formula is C18H30O9S3. The first-order valence-electron chi connectivity index (χ1n) is 9.81. The molecule has 9 nitrogen and oxygen atoms in total. The van der Waals surface area contributed by atoms with Crippen LogP contribution in [0.1, 0.15) is 70.8 Å². The lowest BCUT2D eigenvalue weighted by Crippen LogP contribution is -2.18. The van der Waals surface area contributed by atoms with Crippen LogP contribution in [0.15, 0.2) is 26.8 Å². The Bertz CT molecular complexity index is 1030. The molecule has 3 N–H and O–H groups in total. The van der Waals surface area contributed by atoms with Gasteiger partial charge in [0.15, 0.2) is 0 Å². The maximum absolute atomic E-state index is 12.0. The Balaban J connectivity index is 3.57. The Hall–Kier alpha value is -1.05. The van der Waals surface area contributed by atoms with Gasteiger partial charge in [0.2, 0.25) is 0 Å². The molecule has 0 bridgehead atoms. The van der Waals surface area contributed by atoms with E-state index in [4.69, 9.17) is 0 Å². The molecule has 0 aliphatic carbocycles. The van der Waals surface area contributed by atoms with E-state index >= 15 is 0 Å². The normalized spacial score (nSPS) is 14.0. The first-order valence-corrected chi connectivity index (χ1v) is 14.1. The van der Waals surface area contributed by atoms with Gasteiger partial charge in [0, 0.05) is 0 Å². The van der Waals surface area contributed by atoms with Gasteiger partial charge in [0.1, 0.15) is 14.7 Å². The topological polar surface area (TPSA) is 163 Å². The molecule has 1 atom stereocenters. The smallest absolute Gasteiger partial charge is 0.282 e. The highest BCUT2D eigenvalue weighted by Gasteiger charge is 2.35. The minimum Gasteiger partial charge on any atom is -0.282 e. The minimum absolute atomic E-state index is 0.0341. The maximum atomic E-state index is 12.0. The fraction of sp³-hybridized carbons (Fsp3) is 0.667. The molecule has 0 fully saturated rings. The van der Waals surface area contributed by atoms with Crippen LogP contribution in [0.3, 0.4) is 0 Å². The van der Waals surface area contributed by atoms with Gasteiger partial charge in [-0.2, -0.15) is 25.3 Å². The van der Waals surface area contributed by atoms with Gasteiger partial charge in [-0.05, 0) is 24.0 Å². The van der Waals surface area contributed by atoms with Crippen LogP contribution in [-0.2, 0) is 36.8 Å². The summed E-state index contributed by atoms with van der Waals surface area (Å²) in [4.78, 5) is -4.06. The molecule has 0 spiro atoms. The van der Waals surface area contributed by atoms with Crippen LogP contribution in [0.25, 0.3) is 0 Å². The zero-order valence-electron chi connectivity index (χ0n) is 17.1. The first-order chi connectivity index (χ1) is 13.7. The van der Waals surface area contributed by atoms with Crippen molar-refractivity contribution in [1.29, 1.82) is 0 Å². The van der Waals surface area contributed by atoms with Crippen LogP contribution in [0.4, 0.5) is 0 Å². The van der Waals surface area contributed by atoms with Crippen molar-refractivity contribution < 1.29 is 38.9 Å². The fourth-order valence-electron chi connectivity index (χ4n) is 3.49. The lowest BCUT2D eigenvalue weighted by atomic mass is 9.89. The Morgan fingerprint density at radius 2 is 1.23 bits per heavy atom. The molecule has 30 heavy (non-hydrogen) atoms. The van der Waals surface area contributed by atoms with E-state index in [-0.39, 0.29) is 17.9 Å². The molecule has 1 unspecified atom stereocenters. The van der Waals surface area contributed by atoms with E-state index in [1.165, 1.54) is 0 Å². The van der Waals surface area contributed by atoms with Crippen molar-refractivity contribution >= 4 is 30.4 Å². The van der Waals surface area contributed by atoms with Gasteiger partial charge in [-0.3, -0.25) is 13.7 Å². The van der Waals surface area contributed by atoms with Crippen molar-refractivity contribution in [3.05, 3.63) is 17.7 Å². The number of rotatable bonds is 13. The third kappa shape index (κ3) is 7.89. The van der Waals surface area contributed by atoms with Gasteiger partial charge in [0.25, 0.3) is 30.4 Å². The van der Waals surface area contributed by atoms with Crippen LogP contribution in [0.2, 0.25) is 0 Å². The average Bonchev–Trinajstić information content (AvgIpc) is 2.59. The van der Waals surface area contributed by atoms with Gasteiger partial charge in [-0.25, -0.2) is 0 Å². The van der Waals surface area contributed by atoms with E-state index in [0.29, 0.717) is 0 Å². The summed E-state index contributed by atoms with van der Waals surface area (Å²) in [5.41, 5.74) is -0.130. The molecule has 0 saturated carbocycles. The van der Waals surface area contributed by atoms with Gasteiger partial charge in [-0.1, -0.05) is 71.3 Å². The molecule has 0 amide bonds. The summed E-state index contributed by atoms with van der Waals surface area (Å²) in [6.45, 7) is 4.07. The lowest BCUT2D eigenvalue weighted by Gasteiger charge is -2.20. The van der Waals surface area contributed by atoms with E-state index in [1.54, 1.807) is 0 Å². The van der Waals surface area contributed by atoms with Crippen molar-refractivity contribution in [3.8, 4) is 0 Å². The molecule has 0 saturated heterocycles. The predicted molar refractivity (Wildman–Crippen MR) is 111 cm³/mol. The summed E-state index contributed by atoms with van der Waals surface area (Å²) in [6.07, 6.45) is 7.26. The molecule has 1 aromatic carbocycles. The Labute approximate surface area is 179 Å². The molecule has 1 aromatic rings. The van der Waals surface area contributed by atoms with Gasteiger partial charge >= 0.3 is 0 Å². The molecule has 0 heterocycles. The number of unbranched alkanes of at least 4 members (excludes halogenated alkanes) is 4. The van der Waals surface area contributed by atoms with Crippen LogP contribution >= 0.6 is 0 Å². The number of hydrogen-bond acceptors (Lipinski definition) is 6. The molecule has 0 aliphatic rings. The third-order valence-corrected chi connectivity index (χ3v) is 7.97. The molecule has 174 valence electrons. The fourth-order valence-corrected chi connectivity index (χ4v) is 6.91. The van der Waals surface area contributed by atoms with Crippen molar-refractivity contribution in [2.24, 2.45) is 5.92 Å². The minimum atomic E-state index is -5.41. The second kappa shape index (κ2) is 11.0. The van der Waals surface area contributed by atoms with E-state index in [0.717, 1.165) is 63.5 Å². The zero-order chi connectivity index (χ0) is 23.2. The standard InChI is InChI=1S/C18H30O9S3/c1-3-5-7-8-10-14(9-6-4-2)13-15-11-12-16(28(19,20)21)18(30(25,26)27)17(15)29(22,23)24/h11-12,14H,3-10,13H2,1-2H3,(H,19,20,21)(H,22,23,24)(H,25,26,27). The first kappa shape index (κ1) is 27.0. The second-order valence-electron chi connectivity index (χ2n) is 7.37. The zero-order valence-corrected chi connectivity index (χ0v) is 19.6. The van der Waals surface area contributed by atoms with Crippen LogP contribution in [-0.4, -0.2) is 38.9 Å². The summed E-state index contributed by atoms with van der Waals surface area (Å²) in [7, 11) is -15.8. The van der Waals surface area contributed by atoms with Crippen molar-refractivity contribution in [3.63, 3.8) is 0 Å². The highest BCUT2D eigenvalue weighted by molar-refractivity contribution is 7.90. The van der Waals surface area contributed by atoms with Crippen molar-refractivity contribution in [1.82, 2.24) is 0 Å². The highest BCUT2D eigenvalue weighted by Crippen LogP contribution is 2.34. The molecular weight excluding hydrogens is 456 g/mol. The maximum Gasteiger partial charge on any atom is 0.297 e. The van der Waals surface area contributed by atoms with Crippen molar-refractivity contribution in [2.45, 2.75) is 86.3 Å². The second-order valence-corrected chi connectivity index (χ2v) is 11.5. The van der Waals surface area contributed by atoms with Gasteiger partial charge in [-0.15, -0.1) is 0 Å². The van der Waals surface area contributed by atoms with Crippen LogP contribution in [0.5, 0.6) is 0 Å². The van der Waals surface area contributed by atoms with E-state index in [1.807, 2.05) is 6.92 Å². The predicted octanol–water partition coefficient (Wildman–Crippen LogP) is 3.75. The van der Waals surface area contributed by atoms with Crippen molar-refractivity contribution in [2.75, 3.05) is 0 Å². The molecule has 12 heteroatoms. The summed E-state index contributed by atoms with van der Waals surface area (Å²) in [5.74, 6) is -0.0341. The summed E-state index contributed by atoms with van der Waals surface area (Å²) >= 11 is 0. The average molecular weight is 487 g/mol. The molecule has 0 aliphatic heterocycles. The lowest BCUT2D eigenvalue weighted by molar-refractivity contribution is 0.404. The van der Waals surface area contributed by atoms with E-state index in [2.05, 4.69) is 6.92 Å². The summed E-state index contributed by atoms with van der Waals surface area (Å²) in [5, 5.41) is 0. The Kier molecular flexibility index (Phi) is 9.90. The van der Waals surface area contributed by atoms with Crippen LogP contribution < -0.4 is 0 Å². The summed E-state index contributed by atoms with van der Waals surface area (Å²) < 4.78 is 99.2. The van der Waals surface area contributed by atoms with Crippen LogP contribution in [0, 0.1) is 5.92 Å². The monoisotopic (exact) mass is 486 g/mol. The molecule has 1 rings (SSSR count). The Morgan fingerprint density at radius 3 is 1.70 bits per heavy atom. The van der Waals surface area contributed by atoms with E-state index < -0.39 is 45.0 Å². The molecule has 0 aromatic heterocycles. The SMILES string of the molecule is CCCCCCC(CCCC)Cc1ccc(S(=O)(=O)O)c(S(=O)(=O)O)c1S(=O)(=O)O. The number of hydrogen-bond donors (Lipinski definition) is 3. The highest BCUT2D eigenvalue weighted by atomic mass is 32.2. The largest absolute Gasteiger partial charge is 0.297 e.